The largest absolute Gasteiger partial charge is 0.493 e. The summed E-state index contributed by atoms with van der Waals surface area (Å²) in [5.74, 6) is 9.20. The maximum atomic E-state index is 8.94. The highest BCUT2D eigenvalue weighted by atomic mass is 32.2. The van der Waals surface area contributed by atoms with Crippen molar-refractivity contribution < 1.29 is 9.47 Å². The molecule has 0 radical (unpaired) electrons. The monoisotopic (exact) mass is 423 g/mol. The maximum absolute atomic E-state index is 8.94. The average Bonchev–Trinajstić information content (AvgIpc) is 3.09. The molecule has 1 heterocycles. The van der Waals surface area contributed by atoms with Crippen LogP contribution < -0.4 is 15.3 Å². The van der Waals surface area contributed by atoms with Gasteiger partial charge >= 0.3 is 0 Å². The lowest BCUT2D eigenvalue weighted by atomic mass is 10.0. The fourth-order valence-corrected chi connectivity index (χ4v) is 3.53. The van der Waals surface area contributed by atoms with Crippen LogP contribution in [0.3, 0.4) is 0 Å². The van der Waals surface area contributed by atoms with Crippen LogP contribution in [0.4, 0.5) is 0 Å². The third-order valence-corrected chi connectivity index (χ3v) is 5.34. The molecule has 0 fully saturated rings. The van der Waals surface area contributed by atoms with Crippen LogP contribution in [0.1, 0.15) is 42.3 Å². The first kappa shape index (κ1) is 21.5. The van der Waals surface area contributed by atoms with Gasteiger partial charge in [0, 0.05) is 5.75 Å². The highest BCUT2D eigenvalue weighted by molar-refractivity contribution is 7.99. The summed E-state index contributed by atoms with van der Waals surface area (Å²) in [7, 11) is 0. The second kappa shape index (κ2) is 10.0. The number of thioether (sulfide) groups is 1. The third kappa shape index (κ3) is 5.45. The Hall–Kier alpha value is -3.18. The first-order chi connectivity index (χ1) is 14.5. The van der Waals surface area contributed by atoms with Crippen LogP contribution in [-0.2, 0) is 6.61 Å². The van der Waals surface area contributed by atoms with Gasteiger partial charge in [-0.05, 0) is 48.2 Å². The third-order valence-electron chi connectivity index (χ3n) is 4.43. The Bertz CT molecular complexity index is 1040. The first-order valence-corrected chi connectivity index (χ1v) is 10.6. The molecule has 0 saturated heterocycles. The minimum atomic E-state index is 0.241. The molecule has 0 unspecified atom stereocenters. The number of benzene rings is 2. The van der Waals surface area contributed by atoms with Crippen molar-refractivity contribution in [1.82, 2.24) is 14.9 Å². The van der Waals surface area contributed by atoms with Gasteiger partial charge in [0.1, 0.15) is 18.1 Å². The van der Waals surface area contributed by atoms with Crippen LogP contribution in [-0.4, -0.2) is 27.2 Å². The summed E-state index contributed by atoms with van der Waals surface area (Å²) >= 11 is 1.45. The van der Waals surface area contributed by atoms with Gasteiger partial charge in [0.15, 0.2) is 5.82 Å². The van der Waals surface area contributed by atoms with Crippen LogP contribution in [0.25, 0.3) is 0 Å². The molecule has 0 aliphatic rings. The van der Waals surface area contributed by atoms with Crippen LogP contribution in [0.2, 0.25) is 0 Å². The van der Waals surface area contributed by atoms with E-state index in [4.69, 9.17) is 20.6 Å². The Morgan fingerprint density at radius 3 is 2.77 bits per heavy atom. The van der Waals surface area contributed by atoms with Gasteiger partial charge in [-0.15, -0.1) is 10.2 Å². The highest BCUT2D eigenvalue weighted by Gasteiger charge is 2.13. The lowest BCUT2D eigenvalue weighted by Gasteiger charge is -2.14. The van der Waals surface area contributed by atoms with Crippen molar-refractivity contribution >= 4 is 11.8 Å². The Balaban J connectivity index is 1.54. The lowest BCUT2D eigenvalue weighted by molar-refractivity contribution is 0.287. The minimum Gasteiger partial charge on any atom is -0.493 e. The number of hydrogen-bond donors (Lipinski definition) is 1. The minimum absolute atomic E-state index is 0.241. The molecule has 7 nitrogen and oxygen atoms in total. The molecule has 2 aromatic carbocycles. The number of rotatable bonds is 9. The lowest BCUT2D eigenvalue weighted by Crippen LogP contribution is -2.16. The predicted molar refractivity (Wildman–Crippen MR) is 117 cm³/mol. The predicted octanol–water partition coefficient (Wildman–Crippen LogP) is 4.05. The number of nitrogen functional groups attached to an aromatic ring is 1. The molecule has 30 heavy (non-hydrogen) atoms. The van der Waals surface area contributed by atoms with Gasteiger partial charge in [0.25, 0.3) is 0 Å². The molecule has 0 atom stereocenters. The van der Waals surface area contributed by atoms with Crippen molar-refractivity contribution in [2.75, 3.05) is 18.2 Å². The molecule has 2 N–H and O–H groups in total. The van der Waals surface area contributed by atoms with Gasteiger partial charge < -0.3 is 15.3 Å². The van der Waals surface area contributed by atoms with Crippen molar-refractivity contribution in [1.29, 1.82) is 5.26 Å². The summed E-state index contributed by atoms with van der Waals surface area (Å²) in [6.07, 6.45) is 0. The van der Waals surface area contributed by atoms with E-state index in [2.05, 4.69) is 42.2 Å². The number of hydrogen-bond acceptors (Lipinski definition) is 7. The number of aryl methyl sites for hydroxylation is 1. The van der Waals surface area contributed by atoms with Gasteiger partial charge in [0.2, 0.25) is 5.16 Å². The van der Waals surface area contributed by atoms with E-state index in [1.807, 2.05) is 19.1 Å². The van der Waals surface area contributed by atoms with E-state index in [-0.39, 0.29) is 6.61 Å². The molecule has 1 aromatic heterocycles. The molecule has 0 amide bonds. The number of ether oxygens (including phenoxy) is 2. The van der Waals surface area contributed by atoms with E-state index >= 15 is 0 Å². The van der Waals surface area contributed by atoms with Crippen LogP contribution in [0.5, 0.6) is 11.5 Å². The zero-order valence-electron chi connectivity index (χ0n) is 17.3. The second-order valence-corrected chi connectivity index (χ2v) is 8.15. The van der Waals surface area contributed by atoms with Gasteiger partial charge in [-0.1, -0.05) is 43.8 Å². The molecule has 8 heteroatoms. The van der Waals surface area contributed by atoms with Gasteiger partial charge in [-0.3, -0.25) is 0 Å². The van der Waals surface area contributed by atoms with E-state index in [0.717, 1.165) is 16.9 Å². The molecule has 0 aliphatic carbocycles. The summed E-state index contributed by atoms with van der Waals surface area (Å²) in [5, 5.41) is 17.8. The van der Waals surface area contributed by atoms with Gasteiger partial charge in [-0.25, -0.2) is 4.68 Å². The number of nitrogens with zero attached hydrogens (tertiary/aromatic N) is 4. The smallest absolute Gasteiger partial charge is 0.210 e. The van der Waals surface area contributed by atoms with Gasteiger partial charge in [-0.2, -0.15) is 5.26 Å². The SMILES string of the molecule is Cc1ccc(C(C)C)c(OCc2nnc(SCCOc3cccc(C#N)c3)n2N)c1. The van der Waals surface area contributed by atoms with Crippen LogP contribution in [0.15, 0.2) is 47.6 Å². The van der Waals surface area contributed by atoms with Gasteiger partial charge in [0.05, 0.1) is 18.2 Å². The van der Waals surface area contributed by atoms with Crippen molar-refractivity contribution in [2.24, 2.45) is 0 Å². The summed E-state index contributed by atoms with van der Waals surface area (Å²) < 4.78 is 13.1. The quantitative estimate of drug-likeness (QED) is 0.315. The van der Waals surface area contributed by atoms with Crippen LogP contribution >= 0.6 is 11.8 Å². The molecule has 0 bridgehead atoms. The number of aromatic nitrogens is 3. The normalized spacial score (nSPS) is 10.8. The van der Waals surface area contributed by atoms with Crippen molar-refractivity contribution in [2.45, 2.75) is 38.5 Å². The molecule has 156 valence electrons. The summed E-state index contributed by atoms with van der Waals surface area (Å²) in [6.45, 7) is 7.01. The van der Waals surface area contributed by atoms with E-state index < -0.39 is 0 Å². The Morgan fingerprint density at radius 2 is 2.00 bits per heavy atom. The fourth-order valence-electron chi connectivity index (χ4n) is 2.84. The summed E-state index contributed by atoms with van der Waals surface area (Å²) in [6, 6.07) is 15.4. The Morgan fingerprint density at radius 1 is 1.17 bits per heavy atom. The van der Waals surface area contributed by atoms with Crippen molar-refractivity contribution in [3.8, 4) is 17.6 Å². The van der Waals surface area contributed by atoms with E-state index in [9.17, 15) is 0 Å². The molecule has 3 aromatic rings. The maximum Gasteiger partial charge on any atom is 0.210 e. The van der Waals surface area contributed by atoms with Crippen molar-refractivity contribution in [3.05, 3.63) is 65.0 Å². The Labute approximate surface area is 180 Å². The zero-order chi connectivity index (χ0) is 21.5. The molecule has 0 saturated carbocycles. The molecular formula is C22H25N5O2S. The van der Waals surface area contributed by atoms with Crippen molar-refractivity contribution in [3.63, 3.8) is 0 Å². The second-order valence-electron chi connectivity index (χ2n) is 7.09. The van der Waals surface area contributed by atoms with E-state index in [1.54, 1.807) is 18.2 Å². The fraction of sp³-hybridized carbons (Fsp3) is 0.318. The summed E-state index contributed by atoms with van der Waals surface area (Å²) in [5.41, 5.74) is 2.86. The highest BCUT2D eigenvalue weighted by Crippen LogP contribution is 2.28. The van der Waals surface area contributed by atoms with E-state index in [1.165, 1.54) is 16.4 Å². The molecule has 0 spiro atoms. The molecule has 3 rings (SSSR count). The van der Waals surface area contributed by atoms with E-state index in [0.29, 0.717) is 40.6 Å². The Kier molecular flexibility index (Phi) is 7.20. The zero-order valence-corrected chi connectivity index (χ0v) is 18.1. The van der Waals surface area contributed by atoms with Crippen LogP contribution in [0, 0.1) is 18.3 Å². The first-order valence-electron chi connectivity index (χ1n) is 9.66. The topological polar surface area (TPSA) is 99.0 Å². The molecule has 0 aliphatic heterocycles. The average molecular weight is 424 g/mol. The standard InChI is InChI=1S/C22H25N5O2S/c1-15(2)19-8-7-16(3)11-20(19)29-14-21-25-26-22(27(21)24)30-10-9-28-18-6-4-5-17(12-18)13-23/h4-8,11-12,15H,9-10,14,24H2,1-3H3. The number of nitriles is 1. The summed E-state index contributed by atoms with van der Waals surface area (Å²) in [4.78, 5) is 0. The number of nitrogens with two attached hydrogens (primary N) is 1. The molecular weight excluding hydrogens is 398 g/mol.